The van der Waals surface area contributed by atoms with E-state index >= 15 is 0 Å². The summed E-state index contributed by atoms with van der Waals surface area (Å²) >= 11 is 0. The van der Waals surface area contributed by atoms with Gasteiger partial charge >= 0.3 is 0 Å². The number of nitrogens with zero attached hydrogens (tertiary/aromatic N) is 2. The van der Waals surface area contributed by atoms with E-state index in [0.29, 0.717) is 12.6 Å². The highest BCUT2D eigenvalue weighted by atomic mass is 16.2. The summed E-state index contributed by atoms with van der Waals surface area (Å²) in [4.78, 5) is 15.4. The Balaban J connectivity index is 1.50. The molecule has 1 N–H and O–H groups in total. The van der Waals surface area contributed by atoms with Crippen molar-refractivity contribution in [1.29, 1.82) is 0 Å². The van der Waals surface area contributed by atoms with Crippen molar-refractivity contribution in [3.05, 3.63) is 60.7 Å². The van der Waals surface area contributed by atoms with E-state index in [0.717, 1.165) is 49.2 Å². The van der Waals surface area contributed by atoms with Gasteiger partial charge < -0.3 is 14.8 Å². The molecule has 0 bridgehead atoms. The number of carbonyl (C=O) groups excluding carboxylic acids is 1. The van der Waals surface area contributed by atoms with Crippen LogP contribution in [0.25, 0.3) is 22.2 Å². The predicted molar refractivity (Wildman–Crippen MR) is 115 cm³/mol. The molecule has 0 unspecified atom stereocenters. The molecule has 1 aromatic heterocycles. The van der Waals surface area contributed by atoms with Gasteiger partial charge in [-0.3, -0.25) is 4.79 Å². The molecule has 0 spiro atoms. The van der Waals surface area contributed by atoms with Gasteiger partial charge in [0.2, 0.25) is 5.91 Å². The number of para-hydroxylation sites is 1. The number of nitrogens with one attached hydrogen (secondary N) is 1. The van der Waals surface area contributed by atoms with Gasteiger partial charge in [-0.15, -0.1) is 0 Å². The van der Waals surface area contributed by atoms with Crippen LogP contribution in [-0.4, -0.2) is 41.1 Å². The smallest absolute Gasteiger partial charge is 0.240 e. The predicted octanol–water partition coefficient (Wildman–Crippen LogP) is 4.30. The second-order valence-corrected chi connectivity index (χ2v) is 7.72. The first-order valence-electron chi connectivity index (χ1n) is 10.4. The summed E-state index contributed by atoms with van der Waals surface area (Å²) in [5.41, 5.74) is 3.34. The van der Waals surface area contributed by atoms with Gasteiger partial charge in [0.15, 0.2) is 0 Å². The van der Waals surface area contributed by atoms with Gasteiger partial charge in [0, 0.05) is 35.7 Å². The lowest BCUT2D eigenvalue weighted by molar-refractivity contribution is -0.122. The number of rotatable bonds is 6. The number of piperidine rings is 1. The van der Waals surface area contributed by atoms with Gasteiger partial charge in [0.1, 0.15) is 6.54 Å². The topological polar surface area (TPSA) is 37.3 Å². The van der Waals surface area contributed by atoms with Crippen molar-refractivity contribution in [2.24, 2.45) is 0 Å². The first-order valence-corrected chi connectivity index (χ1v) is 10.4. The van der Waals surface area contributed by atoms with E-state index in [9.17, 15) is 4.79 Å². The molecule has 1 amide bonds. The Labute approximate surface area is 167 Å². The SMILES string of the molecule is CCCN1CCC(NC(=O)Cn2c(-c3ccccc3)cc3ccccc32)CC1. The first kappa shape index (κ1) is 18.8. The van der Waals surface area contributed by atoms with Gasteiger partial charge in [-0.2, -0.15) is 0 Å². The van der Waals surface area contributed by atoms with Crippen LogP contribution in [0.1, 0.15) is 26.2 Å². The Kier molecular flexibility index (Phi) is 5.77. The van der Waals surface area contributed by atoms with Crippen LogP contribution in [-0.2, 0) is 11.3 Å². The molecule has 1 fully saturated rings. The van der Waals surface area contributed by atoms with E-state index in [1.54, 1.807) is 0 Å². The Morgan fingerprint density at radius 2 is 1.75 bits per heavy atom. The van der Waals surface area contributed by atoms with Crippen LogP contribution in [0, 0.1) is 0 Å². The number of aromatic nitrogens is 1. The normalized spacial score (nSPS) is 15.8. The number of likely N-dealkylation sites (tertiary alicyclic amines) is 1. The van der Waals surface area contributed by atoms with Gasteiger partial charge in [0.05, 0.1) is 0 Å². The van der Waals surface area contributed by atoms with Crippen LogP contribution in [0.2, 0.25) is 0 Å². The summed E-state index contributed by atoms with van der Waals surface area (Å²) in [5, 5.41) is 4.45. The fourth-order valence-electron chi connectivity index (χ4n) is 4.26. The Morgan fingerprint density at radius 1 is 1.04 bits per heavy atom. The van der Waals surface area contributed by atoms with E-state index in [1.165, 1.54) is 11.8 Å². The maximum atomic E-state index is 12.9. The average Bonchev–Trinajstić information content (AvgIpc) is 3.09. The van der Waals surface area contributed by atoms with Crippen LogP contribution in [0.3, 0.4) is 0 Å². The van der Waals surface area contributed by atoms with Crippen molar-refractivity contribution in [3.8, 4) is 11.3 Å². The number of hydrogen-bond acceptors (Lipinski definition) is 2. The maximum absolute atomic E-state index is 12.9. The molecule has 2 aromatic carbocycles. The van der Waals surface area contributed by atoms with Crippen molar-refractivity contribution in [1.82, 2.24) is 14.8 Å². The fraction of sp³-hybridized carbons (Fsp3) is 0.375. The number of hydrogen-bond donors (Lipinski definition) is 1. The molecule has 0 atom stereocenters. The highest BCUT2D eigenvalue weighted by Crippen LogP contribution is 2.28. The van der Waals surface area contributed by atoms with Gasteiger partial charge in [-0.1, -0.05) is 55.5 Å². The third kappa shape index (κ3) is 4.12. The van der Waals surface area contributed by atoms with Crippen LogP contribution in [0.4, 0.5) is 0 Å². The van der Waals surface area contributed by atoms with Gasteiger partial charge in [-0.25, -0.2) is 0 Å². The lowest BCUT2D eigenvalue weighted by Gasteiger charge is -2.32. The largest absolute Gasteiger partial charge is 0.352 e. The molecule has 4 rings (SSSR count). The zero-order valence-corrected chi connectivity index (χ0v) is 16.6. The molecule has 1 aliphatic rings. The van der Waals surface area contributed by atoms with Crippen LogP contribution >= 0.6 is 0 Å². The quantitative estimate of drug-likeness (QED) is 0.697. The van der Waals surface area contributed by atoms with Crippen LogP contribution in [0.5, 0.6) is 0 Å². The van der Waals surface area contributed by atoms with Gasteiger partial charge in [-0.05, 0) is 43.5 Å². The van der Waals surface area contributed by atoms with Crippen molar-refractivity contribution in [3.63, 3.8) is 0 Å². The van der Waals surface area contributed by atoms with E-state index in [2.05, 4.69) is 52.0 Å². The Morgan fingerprint density at radius 3 is 2.50 bits per heavy atom. The molecular formula is C24H29N3O. The van der Waals surface area contributed by atoms with Crippen molar-refractivity contribution < 1.29 is 4.79 Å². The molecule has 4 nitrogen and oxygen atoms in total. The maximum Gasteiger partial charge on any atom is 0.240 e. The summed E-state index contributed by atoms with van der Waals surface area (Å²) in [6, 6.07) is 21.1. The minimum atomic E-state index is 0.104. The van der Waals surface area contributed by atoms with E-state index in [1.807, 2.05) is 30.3 Å². The van der Waals surface area contributed by atoms with Crippen molar-refractivity contribution >= 4 is 16.8 Å². The number of amides is 1. The van der Waals surface area contributed by atoms with Crippen molar-refractivity contribution in [2.75, 3.05) is 19.6 Å². The third-order valence-corrected chi connectivity index (χ3v) is 5.67. The van der Waals surface area contributed by atoms with E-state index in [4.69, 9.17) is 0 Å². The molecule has 0 radical (unpaired) electrons. The second-order valence-electron chi connectivity index (χ2n) is 7.72. The number of carbonyl (C=O) groups is 1. The lowest BCUT2D eigenvalue weighted by atomic mass is 10.0. The molecule has 1 aliphatic heterocycles. The molecule has 146 valence electrons. The summed E-state index contributed by atoms with van der Waals surface area (Å²) in [7, 11) is 0. The number of benzene rings is 2. The van der Waals surface area contributed by atoms with Crippen molar-refractivity contribution in [2.45, 2.75) is 38.8 Å². The second kappa shape index (κ2) is 8.61. The molecule has 0 aliphatic carbocycles. The van der Waals surface area contributed by atoms with E-state index < -0.39 is 0 Å². The zero-order chi connectivity index (χ0) is 19.3. The molecule has 4 heteroatoms. The molecule has 3 aromatic rings. The van der Waals surface area contributed by atoms with Crippen LogP contribution in [0.15, 0.2) is 60.7 Å². The molecule has 28 heavy (non-hydrogen) atoms. The fourth-order valence-corrected chi connectivity index (χ4v) is 4.26. The third-order valence-electron chi connectivity index (χ3n) is 5.67. The summed E-state index contributed by atoms with van der Waals surface area (Å²) in [6.45, 7) is 5.91. The highest BCUT2D eigenvalue weighted by Gasteiger charge is 2.21. The lowest BCUT2D eigenvalue weighted by Crippen LogP contribution is -2.45. The monoisotopic (exact) mass is 375 g/mol. The average molecular weight is 376 g/mol. The Hall–Kier alpha value is -2.59. The van der Waals surface area contributed by atoms with Crippen LogP contribution < -0.4 is 5.32 Å². The molecule has 1 saturated heterocycles. The molecular weight excluding hydrogens is 346 g/mol. The minimum Gasteiger partial charge on any atom is -0.352 e. The summed E-state index contributed by atoms with van der Waals surface area (Å²) in [5.74, 6) is 0.104. The summed E-state index contributed by atoms with van der Waals surface area (Å²) in [6.07, 6.45) is 3.29. The number of fused-ring (bicyclic) bond motifs is 1. The summed E-state index contributed by atoms with van der Waals surface area (Å²) < 4.78 is 2.15. The zero-order valence-electron chi connectivity index (χ0n) is 16.6. The molecule has 2 heterocycles. The Bertz CT molecular complexity index is 923. The van der Waals surface area contributed by atoms with Gasteiger partial charge in [0.25, 0.3) is 0 Å². The van der Waals surface area contributed by atoms with E-state index in [-0.39, 0.29) is 5.91 Å². The first-order chi connectivity index (χ1) is 13.7. The molecule has 0 saturated carbocycles. The highest BCUT2D eigenvalue weighted by molar-refractivity contribution is 5.89. The standard InChI is InChI=1S/C24H29N3O/c1-2-14-26-15-12-21(13-16-26)25-24(28)18-27-22-11-7-6-10-20(22)17-23(27)19-8-4-3-5-9-19/h3-11,17,21H,2,12-16,18H2,1H3,(H,25,28). The minimum absolute atomic E-state index is 0.104.